The van der Waals surface area contributed by atoms with Gasteiger partial charge >= 0.3 is 0 Å². The SMILES string of the molecule is CC(=O)N[C@@H](Cc1cc(F)cc(F)c1)[C@H](O)CNC1c2ccccc2-c2ccc(C(C)C)cc21. The predicted molar refractivity (Wildman–Crippen MR) is 129 cm³/mol. The summed E-state index contributed by atoms with van der Waals surface area (Å²) in [5.41, 5.74) is 6.22. The lowest BCUT2D eigenvalue weighted by Crippen LogP contribution is -2.48. The van der Waals surface area contributed by atoms with Gasteiger partial charge in [0.2, 0.25) is 5.91 Å². The number of carbonyl (C=O) groups is 1. The first-order chi connectivity index (χ1) is 16.2. The largest absolute Gasteiger partial charge is 0.390 e. The van der Waals surface area contributed by atoms with E-state index in [1.54, 1.807) is 0 Å². The van der Waals surface area contributed by atoms with Gasteiger partial charge in [0.1, 0.15) is 11.6 Å². The van der Waals surface area contributed by atoms with Gasteiger partial charge < -0.3 is 15.7 Å². The molecule has 0 saturated heterocycles. The zero-order valence-electron chi connectivity index (χ0n) is 19.6. The Balaban J connectivity index is 1.56. The van der Waals surface area contributed by atoms with Crippen molar-refractivity contribution in [2.75, 3.05) is 6.54 Å². The van der Waals surface area contributed by atoms with Crippen molar-refractivity contribution in [3.63, 3.8) is 0 Å². The Morgan fingerprint density at radius 3 is 2.32 bits per heavy atom. The number of amides is 1. The van der Waals surface area contributed by atoms with Crippen LogP contribution in [0.3, 0.4) is 0 Å². The molecule has 34 heavy (non-hydrogen) atoms. The maximum atomic E-state index is 13.7. The van der Waals surface area contributed by atoms with Gasteiger partial charge in [-0.2, -0.15) is 0 Å². The third-order valence-corrected chi connectivity index (χ3v) is 6.38. The smallest absolute Gasteiger partial charge is 0.217 e. The Hall–Kier alpha value is -3.09. The molecule has 0 saturated carbocycles. The summed E-state index contributed by atoms with van der Waals surface area (Å²) < 4.78 is 27.3. The summed E-state index contributed by atoms with van der Waals surface area (Å²) in [4.78, 5) is 11.8. The molecule has 4 rings (SSSR count). The molecule has 0 bridgehead atoms. The van der Waals surface area contributed by atoms with Crippen LogP contribution in [0.2, 0.25) is 0 Å². The second-order valence-electron chi connectivity index (χ2n) is 9.29. The lowest BCUT2D eigenvalue weighted by molar-refractivity contribution is -0.120. The Labute approximate surface area is 199 Å². The molecule has 3 aromatic rings. The number of halogens is 2. The molecule has 3 aromatic carbocycles. The number of benzene rings is 3. The minimum Gasteiger partial charge on any atom is -0.390 e. The number of nitrogens with one attached hydrogen (secondary N) is 2. The lowest BCUT2D eigenvalue weighted by Gasteiger charge is -2.26. The van der Waals surface area contributed by atoms with Crippen LogP contribution in [-0.4, -0.2) is 29.7 Å². The summed E-state index contributed by atoms with van der Waals surface area (Å²) in [7, 11) is 0. The van der Waals surface area contributed by atoms with E-state index < -0.39 is 23.8 Å². The molecule has 178 valence electrons. The average molecular weight is 465 g/mol. The first kappa shape index (κ1) is 24.0. The first-order valence-corrected chi connectivity index (χ1v) is 11.6. The fourth-order valence-corrected chi connectivity index (χ4v) is 4.71. The van der Waals surface area contributed by atoms with Crippen molar-refractivity contribution in [3.05, 3.63) is 94.6 Å². The molecule has 3 N–H and O–H groups in total. The molecule has 1 aliphatic rings. The summed E-state index contributed by atoms with van der Waals surface area (Å²) in [6, 6.07) is 17.1. The van der Waals surface area contributed by atoms with Gasteiger partial charge in [0.25, 0.3) is 0 Å². The lowest BCUT2D eigenvalue weighted by atomic mass is 9.96. The predicted octanol–water partition coefficient (Wildman–Crippen LogP) is 4.86. The number of aliphatic hydroxyl groups is 1. The Bertz CT molecular complexity index is 1170. The van der Waals surface area contributed by atoms with Crippen LogP contribution in [0, 0.1) is 11.6 Å². The van der Waals surface area contributed by atoms with E-state index in [0.29, 0.717) is 11.5 Å². The first-order valence-electron chi connectivity index (χ1n) is 11.6. The number of rotatable bonds is 8. The fourth-order valence-electron chi connectivity index (χ4n) is 4.71. The van der Waals surface area contributed by atoms with Crippen LogP contribution < -0.4 is 10.6 Å². The summed E-state index contributed by atoms with van der Waals surface area (Å²) in [5, 5.41) is 17.2. The van der Waals surface area contributed by atoms with Gasteiger partial charge in [0.05, 0.1) is 18.2 Å². The van der Waals surface area contributed by atoms with Crippen LogP contribution in [0.15, 0.2) is 60.7 Å². The molecule has 1 unspecified atom stereocenters. The van der Waals surface area contributed by atoms with Crippen molar-refractivity contribution in [1.82, 2.24) is 10.6 Å². The van der Waals surface area contributed by atoms with E-state index in [0.717, 1.165) is 22.8 Å². The normalized spacial score (nSPS) is 16.1. The number of aliphatic hydroxyl groups excluding tert-OH is 1. The van der Waals surface area contributed by atoms with E-state index in [1.807, 2.05) is 12.1 Å². The maximum Gasteiger partial charge on any atom is 0.217 e. The number of hydrogen-bond donors (Lipinski definition) is 3. The standard InChI is InChI=1S/C28H30F2N2O2/c1-16(2)19-8-9-23-22-6-4-5-7-24(22)28(25(23)13-19)31-15-27(34)26(32-17(3)33)12-18-10-20(29)14-21(30)11-18/h4-11,13-14,16,26-28,31,34H,12,15H2,1-3H3,(H,32,33)/t26-,27+,28?/m0/s1. The van der Waals surface area contributed by atoms with Crippen LogP contribution in [0.4, 0.5) is 8.78 Å². The zero-order valence-corrected chi connectivity index (χ0v) is 19.6. The van der Waals surface area contributed by atoms with Crippen molar-refractivity contribution < 1.29 is 18.7 Å². The molecule has 6 heteroatoms. The zero-order chi connectivity index (χ0) is 24.4. The van der Waals surface area contributed by atoms with E-state index in [2.05, 4.69) is 54.8 Å². The third-order valence-electron chi connectivity index (χ3n) is 6.38. The van der Waals surface area contributed by atoms with Gasteiger partial charge in [-0.3, -0.25) is 4.79 Å². The quantitative estimate of drug-likeness (QED) is 0.446. The molecule has 0 aliphatic heterocycles. The topological polar surface area (TPSA) is 61.4 Å². The van der Waals surface area contributed by atoms with Crippen LogP contribution in [0.25, 0.3) is 11.1 Å². The van der Waals surface area contributed by atoms with Gasteiger partial charge in [0, 0.05) is 19.5 Å². The highest BCUT2D eigenvalue weighted by Crippen LogP contribution is 2.44. The molecule has 3 atom stereocenters. The summed E-state index contributed by atoms with van der Waals surface area (Å²) >= 11 is 0. The van der Waals surface area contributed by atoms with E-state index in [9.17, 15) is 18.7 Å². The summed E-state index contributed by atoms with van der Waals surface area (Å²) in [6.45, 7) is 5.86. The van der Waals surface area contributed by atoms with Crippen molar-refractivity contribution in [3.8, 4) is 11.1 Å². The number of fused-ring (bicyclic) bond motifs is 3. The fraction of sp³-hybridized carbons (Fsp3) is 0.321. The Morgan fingerprint density at radius 1 is 0.971 bits per heavy atom. The second-order valence-corrected chi connectivity index (χ2v) is 9.29. The molecule has 0 fully saturated rings. The molecule has 1 amide bonds. The highest BCUT2D eigenvalue weighted by atomic mass is 19.1. The molecule has 1 aliphatic carbocycles. The minimum atomic E-state index is -0.972. The van der Waals surface area contributed by atoms with Gasteiger partial charge in [-0.15, -0.1) is 0 Å². The Kier molecular flexibility index (Phi) is 7.10. The van der Waals surface area contributed by atoms with Gasteiger partial charge in [-0.1, -0.05) is 56.3 Å². The van der Waals surface area contributed by atoms with Crippen LogP contribution >= 0.6 is 0 Å². The summed E-state index contributed by atoms with van der Waals surface area (Å²) in [6.07, 6.45) is -0.869. The van der Waals surface area contributed by atoms with E-state index >= 15 is 0 Å². The van der Waals surface area contributed by atoms with Crippen molar-refractivity contribution in [2.24, 2.45) is 0 Å². The molecule has 0 heterocycles. The van der Waals surface area contributed by atoms with Crippen LogP contribution in [0.5, 0.6) is 0 Å². The molecule has 0 aromatic heterocycles. The second kappa shape index (κ2) is 10.0. The van der Waals surface area contributed by atoms with E-state index in [-0.39, 0.29) is 24.9 Å². The van der Waals surface area contributed by atoms with E-state index in [1.165, 1.54) is 30.2 Å². The highest BCUT2D eigenvalue weighted by molar-refractivity contribution is 5.79. The van der Waals surface area contributed by atoms with Gasteiger partial charge in [-0.25, -0.2) is 8.78 Å². The van der Waals surface area contributed by atoms with E-state index in [4.69, 9.17) is 0 Å². The van der Waals surface area contributed by atoms with Crippen molar-refractivity contribution in [2.45, 2.75) is 51.3 Å². The maximum absolute atomic E-state index is 13.7. The van der Waals surface area contributed by atoms with Crippen molar-refractivity contribution >= 4 is 5.91 Å². The molecular formula is C28H30F2N2O2. The summed E-state index contributed by atoms with van der Waals surface area (Å²) in [5.74, 6) is -1.32. The van der Waals surface area contributed by atoms with Gasteiger partial charge in [0.15, 0.2) is 0 Å². The molecule has 4 nitrogen and oxygen atoms in total. The third kappa shape index (κ3) is 5.18. The highest BCUT2D eigenvalue weighted by Gasteiger charge is 2.30. The van der Waals surface area contributed by atoms with Crippen LogP contribution in [0.1, 0.15) is 55.0 Å². The Morgan fingerprint density at radius 2 is 1.65 bits per heavy atom. The number of hydrogen-bond acceptors (Lipinski definition) is 3. The molecule has 0 radical (unpaired) electrons. The van der Waals surface area contributed by atoms with Crippen molar-refractivity contribution in [1.29, 1.82) is 0 Å². The number of carbonyl (C=O) groups excluding carboxylic acids is 1. The minimum absolute atomic E-state index is 0.104. The molecule has 0 spiro atoms. The average Bonchev–Trinajstić information content (AvgIpc) is 3.09. The van der Waals surface area contributed by atoms with Crippen LogP contribution in [-0.2, 0) is 11.2 Å². The molecular weight excluding hydrogens is 434 g/mol. The van der Waals surface area contributed by atoms with Gasteiger partial charge in [-0.05, 0) is 57.9 Å². The monoisotopic (exact) mass is 464 g/mol.